The summed E-state index contributed by atoms with van der Waals surface area (Å²) in [6, 6.07) is 0. The molecule has 0 spiro atoms. The van der Waals surface area contributed by atoms with E-state index in [9.17, 15) is 4.79 Å². The van der Waals surface area contributed by atoms with Gasteiger partial charge in [0, 0.05) is 19.5 Å². The van der Waals surface area contributed by atoms with Crippen molar-refractivity contribution >= 4 is 5.91 Å². The Balaban J connectivity index is 2.38. The standard InChI is InChI=1S/C8H16N2O/c1-2-3-10-6-7(5-9)4-8(10)11/h7H,2-6,9H2,1H3. The van der Waals surface area contributed by atoms with E-state index in [1.54, 1.807) is 0 Å². The first-order valence-corrected chi connectivity index (χ1v) is 4.25. The van der Waals surface area contributed by atoms with Crippen LogP contribution in [0.1, 0.15) is 19.8 Å². The van der Waals surface area contributed by atoms with Gasteiger partial charge in [-0.2, -0.15) is 0 Å². The fraction of sp³-hybridized carbons (Fsp3) is 0.875. The highest BCUT2D eigenvalue weighted by atomic mass is 16.2. The van der Waals surface area contributed by atoms with E-state index in [0.717, 1.165) is 19.5 Å². The number of carbonyl (C=O) groups excluding carboxylic acids is 1. The number of nitrogens with two attached hydrogens (primary N) is 1. The van der Waals surface area contributed by atoms with Crippen LogP contribution in [0.5, 0.6) is 0 Å². The maximum Gasteiger partial charge on any atom is 0.222 e. The van der Waals surface area contributed by atoms with Crippen molar-refractivity contribution in [1.29, 1.82) is 0 Å². The lowest BCUT2D eigenvalue weighted by Gasteiger charge is -2.14. The summed E-state index contributed by atoms with van der Waals surface area (Å²) in [7, 11) is 0. The molecule has 1 heterocycles. The molecular formula is C8H16N2O. The van der Waals surface area contributed by atoms with Gasteiger partial charge >= 0.3 is 0 Å². The molecule has 0 bridgehead atoms. The number of amides is 1. The van der Waals surface area contributed by atoms with Crippen LogP contribution >= 0.6 is 0 Å². The number of nitrogens with zero attached hydrogens (tertiary/aromatic N) is 1. The van der Waals surface area contributed by atoms with Gasteiger partial charge in [-0.3, -0.25) is 4.79 Å². The monoisotopic (exact) mass is 156 g/mol. The minimum atomic E-state index is 0.280. The first-order chi connectivity index (χ1) is 5.27. The quantitative estimate of drug-likeness (QED) is 0.634. The van der Waals surface area contributed by atoms with Crippen molar-refractivity contribution in [2.75, 3.05) is 19.6 Å². The van der Waals surface area contributed by atoms with Crippen LogP contribution in [0.3, 0.4) is 0 Å². The number of likely N-dealkylation sites (tertiary alicyclic amines) is 1. The van der Waals surface area contributed by atoms with Crippen LogP contribution in [0.25, 0.3) is 0 Å². The zero-order valence-corrected chi connectivity index (χ0v) is 7.05. The third-order valence-corrected chi connectivity index (χ3v) is 2.12. The second-order valence-electron chi connectivity index (χ2n) is 3.15. The van der Waals surface area contributed by atoms with Gasteiger partial charge in [0.25, 0.3) is 0 Å². The molecule has 1 unspecified atom stereocenters. The van der Waals surface area contributed by atoms with Crippen molar-refractivity contribution in [3.05, 3.63) is 0 Å². The summed E-state index contributed by atoms with van der Waals surface area (Å²) in [5.74, 6) is 0.691. The highest BCUT2D eigenvalue weighted by molar-refractivity contribution is 5.78. The Bertz CT molecular complexity index is 147. The summed E-state index contributed by atoms with van der Waals surface area (Å²) in [5.41, 5.74) is 5.48. The lowest BCUT2D eigenvalue weighted by Crippen LogP contribution is -2.26. The van der Waals surface area contributed by atoms with E-state index in [1.807, 2.05) is 4.90 Å². The second-order valence-corrected chi connectivity index (χ2v) is 3.15. The van der Waals surface area contributed by atoms with E-state index in [0.29, 0.717) is 18.9 Å². The van der Waals surface area contributed by atoms with E-state index in [-0.39, 0.29) is 5.91 Å². The Morgan fingerprint density at radius 1 is 1.73 bits per heavy atom. The lowest BCUT2D eigenvalue weighted by atomic mass is 10.1. The van der Waals surface area contributed by atoms with E-state index in [1.165, 1.54) is 0 Å². The average molecular weight is 156 g/mol. The smallest absolute Gasteiger partial charge is 0.222 e. The lowest BCUT2D eigenvalue weighted by molar-refractivity contribution is -0.127. The third-order valence-electron chi connectivity index (χ3n) is 2.12. The minimum absolute atomic E-state index is 0.280. The molecule has 0 aromatic heterocycles. The molecule has 2 N–H and O–H groups in total. The Labute approximate surface area is 67.5 Å². The maximum absolute atomic E-state index is 11.2. The van der Waals surface area contributed by atoms with Crippen LogP contribution in [-0.4, -0.2) is 30.4 Å². The second kappa shape index (κ2) is 3.72. The summed E-state index contributed by atoms with van der Waals surface area (Å²) in [6.07, 6.45) is 1.71. The molecule has 0 aromatic carbocycles. The van der Waals surface area contributed by atoms with Crippen LogP contribution in [0.2, 0.25) is 0 Å². The van der Waals surface area contributed by atoms with Gasteiger partial charge in [0.15, 0.2) is 0 Å². The molecule has 0 radical (unpaired) electrons. The average Bonchev–Trinajstić information content (AvgIpc) is 2.33. The molecule has 0 aromatic rings. The maximum atomic E-state index is 11.2. The predicted octanol–water partition coefficient (Wildman–Crippen LogP) is 0.204. The number of hydrogen-bond acceptors (Lipinski definition) is 2. The molecule has 0 saturated carbocycles. The molecule has 1 aliphatic heterocycles. The molecule has 3 nitrogen and oxygen atoms in total. The van der Waals surface area contributed by atoms with Gasteiger partial charge in [0.05, 0.1) is 0 Å². The summed E-state index contributed by atoms with van der Waals surface area (Å²) in [5, 5.41) is 0. The molecular weight excluding hydrogens is 140 g/mol. The summed E-state index contributed by atoms with van der Waals surface area (Å²) in [6.45, 7) is 4.51. The number of hydrogen-bond donors (Lipinski definition) is 1. The van der Waals surface area contributed by atoms with Crippen molar-refractivity contribution in [1.82, 2.24) is 4.90 Å². The zero-order chi connectivity index (χ0) is 8.27. The van der Waals surface area contributed by atoms with E-state index in [2.05, 4.69) is 6.92 Å². The van der Waals surface area contributed by atoms with Gasteiger partial charge in [-0.15, -0.1) is 0 Å². The van der Waals surface area contributed by atoms with Crippen molar-refractivity contribution < 1.29 is 4.79 Å². The van der Waals surface area contributed by atoms with Crippen LogP contribution < -0.4 is 5.73 Å². The Hall–Kier alpha value is -0.570. The summed E-state index contributed by atoms with van der Waals surface area (Å²) < 4.78 is 0. The molecule has 11 heavy (non-hydrogen) atoms. The van der Waals surface area contributed by atoms with Gasteiger partial charge in [-0.25, -0.2) is 0 Å². The van der Waals surface area contributed by atoms with E-state index >= 15 is 0 Å². The molecule has 0 aliphatic carbocycles. The van der Waals surface area contributed by atoms with Crippen molar-refractivity contribution in [3.8, 4) is 0 Å². The molecule has 1 rings (SSSR count). The molecule has 1 aliphatic rings. The topological polar surface area (TPSA) is 46.3 Å². The van der Waals surface area contributed by atoms with E-state index < -0.39 is 0 Å². The fourth-order valence-corrected chi connectivity index (χ4v) is 1.50. The minimum Gasteiger partial charge on any atom is -0.342 e. The van der Waals surface area contributed by atoms with E-state index in [4.69, 9.17) is 5.73 Å². The molecule has 64 valence electrons. The molecule has 1 amide bonds. The number of carbonyl (C=O) groups is 1. The Kier molecular flexibility index (Phi) is 2.88. The van der Waals surface area contributed by atoms with Gasteiger partial charge in [-0.05, 0) is 18.9 Å². The van der Waals surface area contributed by atoms with Gasteiger partial charge in [0.1, 0.15) is 0 Å². The van der Waals surface area contributed by atoms with Gasteiger partial charge < -0.3 is 10.6 Å². The van der Waals surface area contributed by atoms with Crippen molar-refractivity contribution in [2.24, 2.45) is 11.7 Å². The Morgan fingerprint density at radius 3 is 2.91 bits per heavy atom. The largest absolute Gasteiger partial charge is 0.342 e. The van der Waals surface area contributed by atoms with Crippen LogP contribution in [0.15, 0.2) is 0 Å². The molecule has 3 heteroatoms. The normalized spacial score (nSPS) is 24.7. The fourth-order valence-electron chi connectivity index (χ4n) is 1.50. The zero-order valence-electron chi connectivity index (χ0n) is 7.05. The van der Waals surface area contributed by atoms with Crippen LogP contribution in [0, 0.1) is 5.92 Å². The summed E-state index contributed by atoms with van der Waals surface area (Å²) >= 11 is 0. The first kappa shape index (κ1) is 8.53. The van der Waals surface area contributed by atoms with Crippen LogP contribution in [0.4, 0.5) is 0 Å². The van der Waals surface area contributed by atoms with Crippen molar-refractivity contribution in [3.63, 3.8) is 0 Å². The van der Waals surface area contributed by atoms with Gasteiger partial charge in [0.2, 0.25) is 5.91 Å². The molecule has 1 atom stereocenters. The predicted molar refractivity (Wildman–Crippen MR) is 44.0 cm³/mol. The molecule has 1 saturated heterocycles. The number of rotatable bonds is 3. The summed E-state index contributed by atoms with van der Waals surface area (Å²) in [4.78, 5) is 13.1. The highest BCUT2D eigenvalue weighted by Crippen LogP contribution is 2.16. The third kappa shape index (κ3) is 1.93. The SMILES string of the molecule is CCCN1CC(CN)CC1=O. The first-order valence-electron chi connectivity index (χ1n) is 4.25. The van der Waals surface area contributed by atoms with Crippen LogP contribution in [-0.2, 0) is 4.79 Å². The Morgan fingerprint density at radius 2 is 2.45 bits per heavy atom. The highest BCUT2D eigenvalue weighted by Gasteiger charge is 2.27. The molecule has 1 fully saturated rings. The van der Waals surface area contributed by atoms with Crippen molar-refractivity contribution in [2.45, 2.75) is 19.8 Å². The van der Waals surface area contributed by atoms with Gasteiger partial charge in [-0.1, -0.05) is 6.92 Å².